The molecule has 0 aliphatic heterocycles. The molecule has 3 heteroatoms. The fourth-order valence-electron chi connectivity index (χ4n) is 5.33. The molecule has 0 unspecified atom stereocenters. The van der Waals surface area contributed by atoms with Crippen molar-refractivity contribution in [1.82, 2.24) is 0 Å². The van der Waals surface area contributed by atoms with Crippen LogP contribution in [0.2, 0.25) is 0 Å². The molecule has 2 N–H and O–H groups in total. The summed E-state index contributed by atoms with van der Waals surface area (Å²) in [6.45, 7) is 0. The summed E-state index contributed by atoms with van der Waals surface area (Å²) in [7, 11) is 0. The van der Waals surface area contributed by atoms with Gasteiger partial charge in [0.15, 0.2) is 0 Å². The number of hydrogen-bond donors (Lipinski definition) is 2. The lowest BCUT2D eigenvalue weighted by atomic mass is 9.53. The van der Waals surface area contributed by atoms with Gasteiger partial charge in [-0.3, -0.25) is 0 Å². The Bertz CT molecular complexity index is 516. The first-order chi connectivity index (χ1) is 9.63. The van der Waals surface area contributed by atoms with Gasteiger partial charge in [0.25, 0.3) is 0 Å². The highest BCUT2D eigenvalue weighted by Gasteiger charge is 2.51. The van der Waals surface area contributed by atoms with Crippen LogP contribution in [0.4, 0.5) is 5.69 Å². The predicted octanol–water partition coefficient (Wildman–Crippen LogP) is 3.77. The maximum atomic E-state index is 11.4. The van der Waals surface area contributed by atoms with E-state index in [1.54, 1.807) is 12.1 Å². The summed E-state index contributed by atoms with van der Waals surface area (Å²) in [6, 6.07) is 7.34. The zero-order valence-corrected chi connectivity index (χ0v) is 11.6. The van der Waals surface area contributed by atoms with Gasteiger partial charge in [-0.05, 0) is 68.4 Å². The van der Waals surface area contributed by atoms with Gasteiger partial charge in [0.1, 0.15) is 0 Å². The van der Waals surface area contributed by atoms with E-state index in [4.69, 9.17) is 0 Å². The smallest absolute Gasteiger partial charge is 0.337 e. The first kappa shape index (κ1) is 12.2. The Kier molecular flexibility index (Phi) is 2.60. The van der Waals surface area contributed by atoms with Crippen LogP contribution in [-0.2, 0) is 0 Å². The number of carbonyl (C=O) groups is 1. The zero-order chi connectivity index (χ0) is 13.7. The molecule has 4 saturated carbocycles. The topological polar surface area (TPSA) is 49.3 Å². The normalized spacial score (nSPS) is 37.9. The minimum absolute atomic E-state index is 0.167. The second-order valence-electron chi connectivity index (χ2n) is 7.17. The Hall–Kier alpha value is -1.51. The predicted molar refractivity (Wildman–Crippen MR) is 77.9 cm³/mol. The van der Waals surface area contributed by atoms with Gasteiger partial charge in [0, 0.05) is 11.2 Å². The first-order valence-electron chi connectivity index (χ1n) is 7.74. The number of aromatic carboxylic acids is 1. The van der Waals surface area contributed by atoms with Crippen LogP contribution < -0.4 is 5.32 Å². The van der Waals surface area contributed by atoms with Gasteiger partial charge in [-0.25, -0.2) is 4.79 Å². The largest absolute Gasteiger partial charge is 0.478 e. The van der Waals surface area contributed by atoms with Crippen molar-refractivity contribution in [2.24, 2.45) is 17.8 Å². The van der Waals surface area contributed by atoms with Crippen molar-refractivity contribution in [3.63, 3.8) is 0 Å². The Labute approximate surface area is 119 Å². The molecule has 4 fully saturated rings. The quantitative estimate of drug-likeness (QED) is 0.880. The molecule has 0 amide bonds. The molecule has 20 heavy (non-hydrogen) atoms. The molecule has 1 aromatic carbocycles. The lowest BCUT2D eigenvalue weighted by molar-refractivity contribution is 0.0107. The van der Waals surface area contributed by atoms with Crippen molar-refractivity contribution in [2.45, 2.75) is 44.1 Å². The van der Waals surface area contributed by atoms with E-state index in [2.05, 4.69) is 5.32 Å². The molecule has 0 heterocycles. The summed E-state index contributed by atoms with van der Waals surface area (Å²) in [4.78, 5) is 11.4. The van der Waals surface area contributed by atoms with E-state index in [0.29, 0.717) is 5.56 Å². The minimum atomic E-state index is -0.835. The van der Waals surface area contributed by atoms with Crippen LogP contribution in [0.3, 0.4) is 0 Å². The van der Waals surface area contributed by atoms with Crippen molar-refractivity contribution in [3.05, 3.63) is 29.8 Å². The molecule has 1 aromatic rings. The zero-order valence-electron chi connectivity index (χ0n) is 11.6. The first-order valence-corrected chi connectivity index (χ1v) is 7.74. The maximum absolute atomic E-state index is 11.4. The van der Waals surface area contributed by atoms with Gasteiger partial charge in [-0.2, -0.15) is 0 Å². The highest BCUT2D eigenvalue weighted by molar-refractivity contribution is 5.94. The van der Waals surface area contributed by atoms with Gasteiger partial charge in [-0.1, -0.05) is 12.1 Å². The highest BCUT2D eigenvalue weighted by Crippen LogP contribution is 2.56. The van der Waals surface area contributed by atoms with Crippen LogP contribution in [0.5, 0.6) is 0 Å². The Balaban J connectivity index is 1.64. The van der Waals surface area contributed by atoms with Crippen LogP contribution in [0, 0.1) is 17.8 Å². The van der Waals surface area contributed by atoms with E-state index in [0.717, 1.165) is 23.4 Å². The second kappa shape index (κ2) is 4.24. The summed E-state index contributed by atoms with van der Waals surface area (Å²) in [5, 5.41) is 13.0. The average Bonchev–Trinajstić information content (AvgIpc) is 2.36. The molecule has 4 aliphatic carbocycles. The van der Waals surface area contributed by atoms with Crippen molar-refractivity contribution >= 4 is 11.7 Å². The maximum Gasteiger partial charge on any atom is 0.337 e. The molecular weight excluding hydrogens is 250 g/mol. The fraction of sp³-hybridized carbons (Fsp3) is 0.588. The standard InChI is InChI=1S/C17H21NO2/c19-16(20)14-3-1-2-4-15(14)18-17-8-11-5-12(9-17)7-13(6-11)10-17/h1-4,11-13,18H,5-10H2,(H,19,20). The number of rotatable bonds is 3. The lowest BCUT2D eigenvalue weighted by Gasteiger charge is -2.57. The number of nitrogens with one attached hydrogen (secondary N) is 1. The van der Waals surface area contributed by atoms with Gasteiger partial charge in [0.2, 0.25) is 0 Å². The molecule has 0 aromatic heterocycles. The van der Waals surface area contributed by atoms with Crippen molar-refractivity contribution < 1.29 is 9.90 Å². The number of carboxylic acid groups (broad SMARTS) is 1. The van der Waals surface area contributed by atoms with Crippen LogP contribution in [0.15, 0.2) is 24.3 Å². The Morgan fingerprint density at radius 1 is 1.05 bits per heavy atom. The number of anilines is 1. The average molecular weight is 271 g/mol. The summed E-state index contributed by atoms with van der Waals surface area (Å²) in [5.41, 5.74) is 1.38. The number of carboxylic acids is 1. The van der Waals surface area contributed by atoms with Gasteiger partial charge >= 0.3 is 5.97 Å². The molecule has 4 bridgehead atoms. The van der Waals surface area contributed by atoms with Gasteiger partial charge in [0.05, 0.1) is 5.56 Å². The number of hydrogen-bond acceptors (Lipinski definition) is 2. The van der Waals surface area contributed by atoms with Crippen LogP contribution in [0.25, 0.3) is 0 Å². The summed E-state index contributed by atoms with van der Waals surface area (Å²) in [6.07, 6.45) is 7.90. The van der Waals surface area contributed by atoms with E-state index in [1.165, 1.54) is 38.5 Å². The van der Waals surface area contributed by atoms with Crippen molar-refractivity contribution in [3.8, 4) is 0 Å². The van der Waals surface area contributed by atoms with Gasteiger partial charge < -0.3 is 10.4 Å². The van der Waals surface area contributed by atoms with Crippen molar-refractivity contribution in [1.29, 1.82) is 0 Å². The Morgan fingerprint density at radius 2 is 1.60 bits per heavy atom. The van der Waals surface area contributed by atoms with E-state index in [9.17, 15) is 9.90 Å². The minimum Gasteiger partial charge on any atom is -0.478 e. The summed E-state index contributed by atoms with van der Waals surface area (Å²) in [5.74, 6) is 1.76. The van der Waals surface area contributed by atoms with E-state index in [-0.39, 0.29) is 5.54 Å². The molecule has 5 rings (SSSR count). The SMILES string of the molecule is O=C(O)c1ccccc1NC12CC3CC(CC(C3)C1)C2. The molecule has 106 valence electrons. The fourth-order valence-corrected chi connectivity index (χ4v) is 5.33. The molecule has 4 aliphatic rings. The van der Waals surface area contributed by atoms with Crippen molar-refractivity contribution in [2.75, 3.05) is 5.32 Å². The monoisotopic (exact) mass is 271 g/mol. The molecule has 0 saturated heterocycles. The third-order valence-corrected chi connectivity index (χ3v) is 5.60. The number of benzene rings is 1. The second-order valence-corrected chi connectivity index (χ2v) is 7.17. The molecule has 0 atom stereocenters. The van der Waals surface area contributed by atoms with Crippen LogP contribution >= 0.6 is 0 Å². The van der Waals surface area contributed by atoms with Crippen LogP contribution in [-0.4, -0.2) is 16.6 Å². The van der Waals surface area contributed by atoms with E-state index >= 15 is 0 Å². The highest BCUT2D eigenvalue weighted by atomic mass is 16.4. The third kappa shape index (κ3) is 1.91. The Morgan fingerprint density at radius 3 is 2.15 bits per heavy atom. The molecule has 3 nitrogen and oxygen atoms in total. The summed E-state index contributed by atoms with van der Waals surface area (Å²) >= 11 is 0. The molecule has 0 spiro atoms. The third-order valence-electron chi connectivity index (χ3n) is 5.60. The van der Waals surface area contributed by atoms with E-state index in [1.807, 2.05) is 12.1 Å². The lowest BCUT2D eigenvalue weighted by Crippen LogP contribution is -2.54. The van der Waals surface area contributed by atoms with E-state index < -0.39 is 5.97 Å². The van der Waals surface area contributed by atoms with Gasteiger partial charge in [-0.15, -0.1) is 0 Å². The number of para-hydroxylation sites is 1. The molecular formula is C17H21NO2. The van der Waals surface area contributed by atoms with Crippen LogP contribution in [0.1, 0.15) is 48.9 Å². The summed E-state index contributed by atoms with van der Waals surface area (Å²) < 4.78 is 0. The molecule has 0 radical (unpaired) electrons.